The molecule has 0 saturated carbocycles. The highest BCUT2D eigenvalue weighted by Crippen LogP contribution is 2.23. The third-order valence-corrected chi connectivity index (χ3v) is 4.70. The predicted octanol–water partition coefficient (Wildman–Crippen LogP) is 2.07. The number of aromatic nitrogens is 3. The minimum Gasteiger partial charge on any atom is -0.391 e. The number of β-amino-alcohol motifs (C(OH)–C–C–N with tert-alkyl or cyclic N) is 1. The number of amides is 1. The maximum atomic E-state index is 12.7. The molecule has 0 aliphatic carbocycles. The first-order valence-corrected chi connectivity index (χ1v) is 8.01. The van der Waals surface area contributed by atoms with Gasteiger partial charge in [0, 0.05) is 13.1 Å². The Morgan fingerprint density at radius 2 is 2.13 bits per heavy atom. The summed E-state index contributed by atoms with van der Waals surface area (Å²) >= 11 is 6.19. The SMILES string of the molecule is Cc1c(C(=O)N2CCC(C)C(O)C2)nnn1-c1ccccc1Cl. The number of likely N-dealkylation sites (tertiary alicyclic amines) is 1. The summed E-state index contributed by atoms with van der Waals surface area (Å²) in [5.74, 6) is 0.00529. The van der Waals surface area contributed by atoms with Gasteiger partial charge in [0.1, 0.15) is 0 Å². The van der Waals surface area contributed by atoms with Gasteiger partial charge in [-0.25, -0.2) is 4.68 Å². The molecule has 0 bridgehead atoms. The highest BCUT2D eigenvalue weighted by molar-refractivity contribution is 6.32. The molecule has 1 aliphatic heterocycles. The van der Waals surface area contributed by atoms with Gasteiger partial charge in [-0.2, -0.15) is 0 Å². The highest BCUT2D eigenvalue weighted by Gasteiger charge is 2.30. The lowest BCUT2D eigenvalue weighted by Crippen LogP contribution is -2.46. The Hall–Kier alpha value is -1.92. The van der Waals surface area contributed by atoms with E-state index in [4.69, 9.17) is 11.6 Å². The van der Waals surface area contributed by atoms with E-state index in [9.17, 15) is 9.90 Å². The van der Waals surface area contributed by atoms with Crippen LogP contribution in [0.5, 0.6) is 0 Å². The van der Waals surface area contributed by atoms with Crippen LogP contribution in [-0.4, -0.2) is 50.1 Å². The van der Waals surface area contributed by atoms with Gasteiger partial charge < -0.3 is 10.0 Å². The first kappa shape index (κ1) is 16.0. The van der Waals surface area contributed by atoms with Gasteiger partial charge in [0.2, 0.25) is 0 Å². The van der Waals surface area contributed by atoms with E-state index < -0.39 is 6.10 Å². The minimum absolute atomic E-state index is 0.202. The van der Waals surface area contributed by atoms with E-state index in [1.807, 2.05) is 25.1 Å². The molecule has 2 aromatic rings. The monoisotopic (exact) mass is 334 g/mol. The second-order valence-electron chi connectivity index (χ2n) is 5.97. The Kier molecular flexibility index (Phi) is 4.37. The molecule has 1 amide bonds. The molecular weight excluding hydrogens is 316 g/mol. The van der Waals surface area contributed by atoms with Gasteiger partial charge in [-0.05, 0) is 31.4 Å². The molecule has 1 aromatic carbocycles. The van der Waals surface area contributed by atoms with E-state index in [-0.39, 0.29) is 11.8 Å². The Labute approximate surface area is 139 Å². The van der Waals surface area contributed by atoms with Gasteiger partial charge in [-0.15, -0.1) is 5.10 Å². The smallest absolute Gasteiger partial charge is 0.276 e. The van der Waals surface area contributed by atoms with Crippen LogP contribution in [0.15, 0.2) is 24.3 Å². The van der Waals surface area contributed by atoms with Gasteiger partial charge >= 0.3 is 0 Å². The van der Waals surface area contributed by atoms with Crippen LogP contribution in [0.4, 0.5) is 0 Å². The number of hydrogen-bond acceptors (Lipinski definition) is 4. The summed E-state index contributed by atoms with van der Waals surface area (Å²) in [7, 11) is 0. The quantitative estimate of drug-likeness (QED) is 0.912. The van der Waals surface area contributed by atoms with E-state index in [0.717, 1.165) is 6.42 Å². The van der Waals surface area contributed by atoms with Gasteiger partial charge in [0.05, 0.1) is 22.5 Å². The highest BCUT2D eigenvalue weighted by atomic mass is 35.5. The summed E-state index contributed by atoms with van der Waals surface area (Å²) < 4.78 is 1.57. The molecule has 122 valence electrons. The van der Waals surface area contributed by atoms with Crippen molar-refractivity contribution in [1.82, 2.24) is 19.9 Å². The van der Waals surface area contributed by atoms with E-state index in [1.165, 1.54) is 0 Å². The van der Waals surface area contributed by atoms with Crippen LogP contribution in [0.1, 0.15) is 29.5 Å². The zero-order valence-electron chi connectivity index (χ0n) is 13.1. The zero-order valence-corrected chi connectivity index (χ0v) is 13.9. The summed E-state index contributed by atoms with van der Waals surface area (Å²) in [6.07, 6.45) is 0.288. The van der Waals surface area contributed by atoms with E-state index >= 15 is 0 Å². The van der Waals surface area contributed by atoms with E-state index in [2.05, 4.69) is 10.3 Å². The number of halogens is 1. The van der Waals surface area contributed by atoms with Crippen molar-refractivity contribution >= 4 is 17.5 Å². The van der Waals surface area contributed by atoms with Gasteiger partial charge in [0.25, 0.3) is 5.91 Å². The van der Waals surface area contributed by atoms with Crippen LogP contribution < -0.4 is 0 Å². The largest absolute Gasteiger partial charge is 0.391 e. The molecule has 1 aliphatic rings. The molecular formula is C16H19ClN4O2. The molecule has 0 spiro atoms. The number of para-hydroxylation sites is 1. The Bertz CT molecular complexity index is 731. The van der Waals surface area contributed by atoms with Crippen molar-refractivity contribution in [2.24, 2.45) is 5.92 Å². The van der Waals surface area contributed by atoms with Crippen molar-refractivity contribution in [3.05, 3.63) is 40.7 Å². The average Bonchev–Trinajstić information content (AvgIpc) is 2.91. The Morgan fingerprint density at radius 1 is 1.39 bits per heavy atom. The lowest BCUT2D eigenvalue weighted by atomic mass is 9.96. The van der Waals surface area contributed by atoms with Crippen molar-refractivity contribution in [3.8, 4) is 5.69 Å². The standard InChI is InChI=1S/C16H19ClN4O2/c1-10-7-8-20(9-14(10)22)16(23)15-11(2)21(19-18-15)13-6-4-3-5-12(13)17/h3-6,10,14,22H,7-9H2,1-2H3. The Balaban J connectivity index is 1.88. The van der Waals surface area contributed by atoms with Crippen molar-refractivity contribution < 1.29 is 9.90 Å². The topological polar surface area (TPSA) is 71.2 Å². The normalized spacial score (nSPS) is 21.5. The van der Waals surface area contributed by atoms with Crippen LogP contribution >= 0.6 is 11.6 Å². The molecule has 1 fully saturated rings. The maximum Gasteiger partial charge on any atom is 0.276 e. The number of hydrogen-bond donors (Lipinski definition) is 1. The predicted molar refractivity (Wildman–Crippen MR) is 86.8 cm³/mol. The van der Waals surface area contributed by atoms with Crippen LogP contribution in [0, 0.1) is 12.8 Å². The molecule has 2 unspecified atom stereocenters. The summed E-state index contributed by atoms with van der Waals surface area (Å²) in [5, 5.41) is 18.6. The van der Waals surface area contributed by atoms with Crippen LogP contribution in [0.3, 0.4) is 0 Å². The Morgan fingerprint density at radius 3 is 2.83 bits per heavy atom. The molecule has 3 rings (SSSR count). The zero-order chi connectivity index (χ0) is 16.6. The summed E-state index contributed by atoms with van der Waals surface area (Å²) in [4.78, 5) is 14.3. The van der Waals surface area contributed by atoms with Crippen LogP contribution in [-0.2, 0) is 0 Å². The van der Waals surface area contributed by atoms with Crippen LogP contribution in [0.2, 0.25) is 5.02 Å². The van der Waals surface area contributed by atoms with Gasteiger partial charge in [-0.1, -0.05) is 35.9 Å². The number of aliphatic hydroxyl groups is 1. The van der Waals surface area contributed by atoms with E-state index in [0.29, 0.717) is 35.2 Å². The lowest BCUT2D eigenvalue weighted by Gasteiger charge is -2.33. The van der Waals surface area contributed by atoms with Crippen molar-refractivity contribution in [2.75, 3.05) is 13.1 Å². The first-order chi connectivity index (χ1) is 11.0. The lowest BCUT2D eigenvalue weighted by molar-refractivity contribution is 0.0244. The summed E-state index contributed by atoms with van der Waals surface area (Å²) in [6, 6.07) is 7.28. The number of benzene rings is 1. The molecule has 1 N–H and O–H groups in total. The maximum absolute atomic E-state index is 12.7. The summed E-state index contributed by atoms with van der Waals surface area (Å²) in [6.45, 7) is 4.73. The fourth-order valence-electron chi connectivity index (χ4n) is 2.76. The number of nitrogens with zero attached hydrogens (tertiary/aromatic N) is 4. The molecule has 2 heterocycles. The average molecular weight is 335 g/mol. The fourth-order valence-corrected chi connectivity index (χ4v) is 2.98. The number of rotatable bonds is 2. The number of carbonyl (C=O) groups is 1. The molecule has 0 radical (unpaired) electrons. The number of aliphatic hydroxyl groups excluding tert-OH is 1. The van der Waals surface area contributed by atoms with Gasteiger partial charge in [0.15, 0.2) is 5.69 Å². The molecule has 1 saturated heterocycles. The second-order valence-corrected chi connectivity index (χ2v) is 6.38. The second kappa shape index (κ2) is 6.29. The van der Waals surface area contributed by atoms with Crippen molar-refractivity contribution in [1.29, 1.82) is 0 Å². The van der Waals surface area contributed by atoms with Crippen LogP contribution in [0.25, 0.3) is 5.69 Å². The molecule has 2 atom stereocenters. The molecule has 23 heavy (non-hydrogen) atoms. The molecule has 7 heteroatoms. The number of piperidine rings is 1. The third kappa shape index (κ3) is 2.96. The fraction of sp³-hybridized carbons (Fsp3) is 0.438. The first-order valence-electron chi connectivity index (χ1n) is 7.63. The third-order valence-electron chi connectivity index (χ3n) is 4.38. The van der Waals surface area contributed by atoms with E-state index in [1.54, 1.807) is 22.6 Å². The minimum atomic E-state index is -0.494. The summed E-state index contributed by atoms with van der Waals surface area (Å²) in [5.41, 5.74) is 1.62. The van der Waals surface area contributed by atoms with Crippen molar-refractivity contribution in [2.45, 2.75) is 26.4 Å². The number of carbonyl (C=O) groups excluding carboxylic acids is 1. The molecule has 6 nitrogen and oxygen atoms in total. The molecule has 1 aromatic heterocycles. The van der Waals surface area contributed by atoms with Crippen molar-refractivity contribution in [3.63, 3.8) is 0 Å². The van der Waals surface area contributed by atoms with Gasteiger partial charge in [-0.3, -0.25) is 4.79 Å².